The molecule has 0 unspecified atom stereocenters. The molecule has 0 bridgehead atoms. The lowest BCUT2D eigenvalue weighted by Crippen LogP contribution is -2.58. The van der Waals surface area contributed by atoms with Gasteiger partial charge in [-0.05, 0) is 69.2 Å². The number of benzene rings is 2. The first-order valence-electron chi connectivity index (χ1n) is 12.2. The highest BCUT2D eigenvalue weighted by Crippen LogP contribution is 2.33. The molecule has 1 aliphatic heterocycles. The Bertz CT molecular complexity index is 1490. The lowest BCUT2D eigenvalue weighted by Gasteiger charge is -2.44. The second-order valence-corrected chi connectivity index (χ2v) is 11.5. The van der Waals surface area contributed by atoms with Crippen LogP contribution in [-0.4, -0.2) is 57.5 Å². The first kappa shape index (κ1) is 24.5. The summed E-state index contributed by atoms with van der Waals surface area (Å²) in [6.45, 7) is 9.74. The lowest BCUT2D eigenvalue weighted by atomic mass is 10.1. The van der Waals surface area contributed by atoms with Gasteiger partial charge in [0.15, 0.2) is 0 Å². The van der Waals surface area contributed by atoms with Crippen LogP contribution in [0.5, 0.6) is 0 Å². The third kappa shape index (κ3) is 4.28. The Balaban J connectivity index is 1.42. The van der Waals surface area contributed by atoms with Crippen LogP contribution in [0.1, 0.15) is 32.8 Å². The predicted molar refractivity (Wildman–Crippen MR) is 138 cm³/mol. The molecule has 0 aliphatic carbocycles. The zero-order valence-corrected chi connectivity index (χ0v) is 21.8. The number of sulfonamides is 1. The van der Waals surface area contributed by atoms with Gasteiger partial charge in [-0.15, -0.1) is 0 Å². The Morgan fingerprint density at radius 1 is 1.03 bits per heavy atom. The van der Waals surface area contributed by atoms with E-state index in [0.29, 0.717) is 19.6 Å². The van der Waals surface area contributed by atoms with Crippen LogP contribution < -0.4 is 4.90 Å². The molecule has 3 heterocycles. The molecule has 5 rings (SSSR count). The average molecular weight is 511 g/mol. The van der Waals surface area contributed by atoms with Gasteiger partial charge in [-0.25, -0.2) is 17.5 Å². The van der Waals surface area contributed by atoms with Crippen molar-refractivity contribution in [2.75, 3.05) is 18.0 Å². The minimum Gasteiger partial charge on any atom is -0.366 e. The highest BCUT2D eigenvalue weighted by atomic mass is 32.2. The number of aryl methyl sites for hydroxylation is 2. The summed E-state index contributed by atoms with van der Waals surface area (Å²) in [5, 5.41) is 9.72. The normalized spacial score (nSPS) is 19.3. The van der Waals surface area contributed by atoms with Crippen molar-refractivity contribution in [3.8, 4) is 5.69 Å². The van der Waals surface area contributed by atoms with Crippen molar-refractivity contribution in [3.05, 3.63) is 66.4 Å². The Morgan fingerprint density at radius 2 is 1.78 bits per heavy atom. The fourth-order valence-electron chi connectivity index (χ4n) is 4.99. The van der Waals surface area contributed by atoms with Crippen LogP contribution in [0, 0.1) is 12.7 Å². The van der Waals surface area contributed by atoms with Crippen molar-refractivity contribution in [2.24, 2.45) is 0 Å². The van der Waals surface area contributed by atoms with E-state index in [1.54, 1.807) is 32.0 Å². The SMILES string of the molecule is CCCn1cc(S(=O)(=O)N2C[C@H](C)N(c3cc4cnn(-c5ccc(F)cc5)c4cc3C)C[C@@H]2C)cn1. The van der Waals surface area contributed by atoms with Crippen molar-refractivity contribution in [2.45, 2.75) is 57.6 Å². The van der Waals surface area contributed by atoms with Gasteiger partial charge >= 0.3 is 0 Å². The highest BCUT2D eigenvalue weighted by Gasteiger charge is 2.38. The summed E-state index contributed by atoms with van der Waals surface area (Å²) in [5.41, 5.74) is 3.87. The summed E-state index contributed by atoms with van der Waals surface area (Å²) >= 11 is 0. The highest BCUT2D eigenvalue weighted by molar-refractivity contribution is 7.89. The molecule has 4 aromatic rings. The molecule has 1 aliphatic rings. The van der Waals surface area contributed by atoms with E-state index >= 15 is 0 Å². The molecule has 2 aromatic carbocycles. The number of fused-ring (bicyclic) bond motifs is 1. The maximum Gasteiger partial charge on any atom is 0.246 e. The van der Waals surface area contributed by atoms with Crippen molar-refractivity contribution in [1.29, 1.82) is 0 Å². The Morgan fingerprint density at radius 3 is 2.50 bits per heavy atom. The molecule has 0 saturated carbocycles. The van der Waals surface area contributed by atoms with Crippen LogP contribution >= 0.6 is 0 Å². The third-order valence-electron chi connectivity index (χ3n) is 6.86. The second-order valence-electron chi connectivity index (χ2n) is 9.59. The molecule has 0 N–H and O–H groups in total. The number of aromatic nitrogens is 4. The number of halogens is 1. The Kier molecular flexibility index (Phi) is 6.34. The molecule has 1 fully saturated rings. The van der Waals surface area contributed by atoms with E-state index in [4.69, 9.17) is 0 Å². The van der Waals surface area contributed by atoms with Gasteiger partial charge in [0.05, 0.1) is 23.6 Å². The maximum atomic E-state index is 13.4. The zero-order chi connectivity index (χ0) is 25.6. The molecule has 0 spiro atoms. The van der Waals surface area contributed by atoms with E-state index < -0.39 is 10.0 Å². The van der Waals surface area contributed by atoms with Gasteiger partial charge < -0.3 is 4.90 Å². The second kappa shape index (κ2) is 9.33. The molecular weight excluding hydrogens is 479 g/mol. The topological polar surface area (TPSA) is 76.3 Å². The van der Waals surface area contributed by atoms with E-state index in [1.165, 1.54) is 18.3 Å². The van der Waals surface area contributed by atoms with E-state index in [0.717, 1.165) is 34.3 Å². The summed E-state index contributed by atoms with van der Waals surface area (Å²) in [6, 6.07) is 10.2. The Labute approximate surface area is 211 Å². The van der Waals surface area contributed by atoms with Gasteiger partial charge in [0.2, 0.25) is 10.0 Å². The molecule has 8 nitrogen and oxygen atoms in total. The van der Waals surface area contributed by atoms with Gasteiger partial charge in [-0.3, -0.25) is 4.68 Å². The van der Waals surface area contributed by atoms with Crippen LogP contribution in [0.2, 0.25) is 0 Å². The molecule has 36 heavy (non-hydrogen) atoms. The summed E-state index contributed by atoms with van der Waals surface area (Å²) < 4.78 is 45.3. The van der Waals surface area contributed by atoms with Gasteiger partial charge in [-0.1, -0.05) is 6.92 Å². The molecule has 1 saturated heterocycles. The van der Waals surface area contributed by atoms with Crippen molar-refractivity contribution >= 4 is 26.6 Å². The summed E-state index contributed by atoms with van der Waals surface area (Å²) in [4.78, 5) is 2.52. The van der Waals surface area contributed by atoms with Crippen molar-refractivity contribution < 1.29 is 12.8 Å². The first-order chi connectivity index (χ1) is 17.2. The quantitative estimate of drug-likeness (QED) is 0.385. The smallest absolute Gasteiger partial charge is 0.246 e. The van der Waals surface area contributed by atoms with Gasteiger partial charge in [0, 0.05) is 49.0 Å². The van der Waals surface area contributed by atoms with E-state index in [-0.39, 0.29) is 22.8 Å². The van der Waals surface area contributed by atoms with Gasteiger partial charge in [0.25, 0.3) is 0 Å². The molecular formula is C26H31FN6O2S. The summed E-state index contributed by atoms with van der Waals surface area (Å²) in [6.07, 6.45) is 5.77. The monoisotopic (exact) mass is 510 g/mol. The van der Waals surface area contributed by atoms with E-state index in [1.807, 2.05) is 20.0 Å². The zero-order valence-electron chi connectivity index (χ0n) is 21.0. The molecule has 190 valence electrons. The van der Waals surface area contributed by atoms with Crippen LogP contribution in [0.15, 0.2) is 59.9 Å². The summed E-state index contributed by atoms with van der Waals surface area (Å²) in [5.74, 6) is -0.285. The van der Waals surface area contributed by atoms with Gasteiger partial charge in [-0.2, -0.15) is 14.5 Å². The minimum atomic E-state index is -3.64. The van der Waals surface area contributed by atoms with E-state index in [2.05, 4.69) is 41.1 Å². The minimum absolute atomic E-state index is 0.0232. The molecule has 0 amide bonds. The fourth-order valence-corrected chi connectivity index (χ4v) is 6.65. The van der Waals surface area contributed by atoms with Crippen LogP contribution in [0.3, 0.4) is 0 Å². The van der Waals surface area contributed by atoms with Crippen molar-refractivity contribution in [1.82, 2.24) is 23.9 Å². The number of nitrogens with zero attached hydrogens (tertiary/aromatic N) is 6. The molecule has 10 heteroatoms. The maximum absolute atomic E-state index is 13.4. The lowest BCUT2D eigenvalue weighted by molar-refractivity contribution is 0.273. The molecule has 0 radical (unpaired) electrons. The summed E-state index contributed by atoms with van der Waals surface area (Å²) in [7, 11) is -3.64. The average Bonchev–Trinajstić information content (AvgIpc) is 3.48. The fraction of sp³-hybridized carbons (Fsp3) is 0.385. The number of hydrogen-bond donors (Lipinski definition) is 0. The largest absolute Gasteiger partial charge is 0.366 e. The van der Waals surface area contributed by atoms with Crippen LogP contribution in [0.25, 0.3) is 16.6 Å². The standard InChI is InChI=1S/C26H31FN6O2S/c1-5-10-30-17-24(14-28-30)36(34,35)32-16-19(3)31(15-20(32)4)25-12-21-13-29-33(26(21)11-18(25)2)23-8-6-22(27)7-9-23/h6-9,11-14,17,19-20H,5,10,15-16H2,1-4H3/t19-,20-/m0/s1. The van der Waals surface area contributed by atoms with Gasteiger partial charge in [0.1, 0.15) is 10.7 Å². The number of anilines is 1. The first-order valence-corrected chi connectivity index (χ1v) is 13.7. The Hall–Kier alpha value is -3.24. The molecule has 2 atom stereocenters. The van der Waals surface area contributed by atoms with E-state index in [9.17, 15) is 12.8 Å². The third-order valence-corrected chi connectivity index (χ3v) is 8.80. The number of piperazine rings is 1. The van der Waals surface area contributed by atoms with Crippen LogP contribution in [0.4, 0.5) is 10.1 Å². The van der Waals surface area contributed by atoms with Crippen molar-refractivity contribution in [3.63, 3.8) is 0 Å². The number of hydrogen-bond acceptors (Lipinski definition) is 5. The predicted octanol–water partition coefficient (Wildman–Crippen LogP) is 4.37. The molecule has 2 aromatic heterocycles. The number of rotatable bonds is 6. The van der Waals surface area contributed by atoms with Crippen LogP contribution in [-0.2, 0) is 16.6 Å².